The highest BCUT2D eigenvalue weighted by Gasteiger charge is 2.30. The molecule has 5 heteroatoms. The van der Waals surface area contributed by atoms with Gasteiger partial charge in [0.2, 0.25) is 5.91 Å². The van der Waals surface area contributed by atoms with Crippen LogP contribution in [-0.2, 0) is 11.2 Å². The van der Waals surface area contributed by atoms with Gasteiger partial charge in [0.25, 0.3) is 0 Å². The minimum Gasteiger partial charge on any atom is -0.354 e. The summed E-state index contributed by atoms with van der Waals surface area (Å²) in [5.74, 6) is 0.600. The van der Waals surface area contributed by atoms with Gasteiger partial charge in [0, 0.05) is 31.7 Å². The summed E-state index contributed by atoms with van der Waals surface area (Å²) in [6.45, 7) is 5.11. The molecule has 5 nitrogen and oxygen atoms in total. The fourth-order valence-corrected chi connectivity index (χ4v) is 4.03. The summed E-state index contributed by atoms with van der Waals surface area (Å²) in [4.78, 5) is 14.5. The van der Waals surface area contributed by atoms with Crippen LogP contribution >= 0.6 is 0 Å². The Morgan fingerprint density at radius 2 is 2.16 bits per heavy atom. The van der Waals surface area contributed by atoms with Crippen molar-refractivity contribution in [1.82, 2.24) is 20.0 Å². The molecule has 1 aromatic carbocycles. The summed E-state index contributed by atoms with van der Waals surface area (Å²) in [6, 6.07) is 9.07. The van der Waals surface area contributed by atoms with Crippen LogP contribution in [-0.4, -0.2) is 46.8 Å². The van der Waals surface area contributed by atoms with E-state index >= 15 is 0 Å². The van der Waals surface area contributed by atoms with Crippen molar-refractivity contribution >= 4 is 5.91 Å². The number of aromatic nitrogens is 2. The van der Waals surface area contributed by atoms with Crippen LogP contribution in [0.5, 0.6) is 0 Å². The molecule has 1 aliphatic heterocycles. The van der Waals surface area contributed by atoms with E-state index in [2.05, 4.69) is 52.7 Å². The third-order valence-corrected chi connectivity index (χ3v) is 5.45. The van der Waals surface area contributed by atoms with Crippen LogP contribution < -0.4 is 5.32 Å². The summed E-state index contributed by atoms with van der Waals surface area (Å²) in [5, 5.41) is 7.51. The van der Waals surface area contributed by atoms with Crippen LogP contribution in [0.15, 0.2) is 36.7 Å². The molecule has 2 aromatic rings. The van der Waals surface area contributed by atoms with Gasteiger partial charge in [-0.3, -0.25) is 14.4 Å². The van der Waals surface area contributed by atoms with E-state index in [-0.39, 0.29) is 5.91 Å². The first-order chi connectivity index (χ1) is 12.2. The van der Waals surface area contributed by atoms with Crippen molar-refractivity contribution in [3.63, 3.8) is 0 Å². The molecule has 2 aliphatic rings. The number of fused-ring (bicyclic) bond motifs is 1. The lowest BCUT2D eigenvalue weighted by molar-refractivity contribution is -0.123. The first-order valence-corrected chi connectivity index (χ1v) is 9.26. The standard InChI is InChI=1S/C20H26N4O/c1-15-9-22-24(11-15)18-12-23(13-18)14-20(25)21-10-17-7-4-6-16-5-2-3-8-19(16)17/h2-3,5,8-9,11,17-18H,4,6-7,10,12-14H2,1H3,(H,21,25). The minimum absolute atomic E-state index is 0.137. The Hall–Kier alpha value is -2.14. The Morgan fingerprint density at radius 3 is 2.96 bits per heavy atom. The lowest BCUT2D eigenvalue weighted by Gasteiger charge is -2.38. The van der Waals surface area contributed by atoms with Gasteiger partial charge in [-0.1, -0.05) is 24.3 Å². The highest BCUT2D eigenvalue weighted by molar-refractivity contribution is 5.78. The molecule has 0 bridgehead atoms. The average Bonchev–Trinajstić information content (AvgIpc) is 3.01. The Bertz CT molecular complexity index is 748. The number of nitrogens with one attached hydrogen (secondary N) is 1. The van der Waals surface area contributed by atoms with E-state index in [1.165, 1.54) is 36.0 Å². The van der Waals surface area contributed by atoms with Gasteiger partial charge in [0.05, 0.1) is 18.8 Å². The largest absolute Gasteiger partial charge is 0.354 e. The Labute approximate surface area is 149 Å². The maximum atomic E-state index is 12.3. The van der Waals surface area contributed by atoms with Crippen molar-refractivity contribution in [3.05, 3.63) is 53.3 Å². The molecule has 1 atom stereocenters. The maximum absolute atomic E-state index is 12.3. The summed E-state index contributed by atoms with van der Waals surface area (Å²) in [5.41, 5.74) is 4.06. The zero-order valence-corrected chi connectivity index (χ0v) is 14.8. The van der Waals surface area contributed by atoms with E-state index in [1.807, 2.05) is 10.9 Å². The summed E-state index contributed by atoms with van der Waals surface area (Å²) in [6.07, 6.45) is 7.51. The van der Waals surface area contributed by atoms with Crippen molar-refractivity contribution in [2.24, 2.45) is 0 Å². The predicted octanol–water partition coefficient (Wildman–Crippen LogP) is 2.28. The van der Waals surface area contributed by atoms with Crippen molar-refractivity contribution in [1.29, 1.82) is 0 Å². The van der Waals surface area contributed by atoms with Gasteiger partial charge in [-0.15, -0.1) is 0 Å². The number of carbonyl (C=O) groups is 1. The number of likely N-dealkylation sites (tertiary alicyclic amines) is 1. The van der Waals surface area contributed by atoms with Gasteiger partial charge in [-0.25, -0.2) is 0 Å². The molecule has 0 saturated carbocycles. The second-order valence-corrected chi connectivity index (χ2v) is 7.44. The highest BCUT2D eigenvalue weighted by atomic mass is 16.2. The zero-order chi connectivity index (χ0) is 17.2. The predicted molar refractivity (Wildman–Crippen MR) is 97.6 cm³/mol. The molecule has 2 heterocycles. The Balaban J connectivity index is 1.23. The van der Waals surface area contributed by atoms with Gasteiger partial charge < -0.3 is 5.32 Å². The van der Waals surface area contributed by atoms with E-state index in [1.54, 1.807) is 0 Å². The Morgan fingerprint density at radius 1 is 1.32 bits per heavy atom. The van der Waals surface area contributed by atoms with Crippen LogP contribution in [0.2, 0.25) is 0 Å². The molecule has 1 amide bonds. The number of amides is 1. The summed E-state index contributed by atoms with van der Waals surface area (Å²) < 4.78 is 2.02. The second kappa shape index (κ2) is 7.00. The van der Waals surface area contributed by atoms with Crippen LogP contribution in [0.1, 0.15) is 41.5 Å². The number of carbonyl (C=O) groups excluding carboxylic acids is 1. The van der Waals surface area contributed by atoms with Gasteiger partial charge in [-0.05, 0) is 42.9 Å². The average molecular weight is 338 g/mol. The fraction of sp³-hybridized carbons (Fsp3) is 0.500. The molecule has 1 aliphatic carbocycles. The molecule has 4 rings (SSSR count). The lowest BCUT2D eigenvalue weighted by Crippen LogP contribution is -2.51. The van der Waals surface area contributed by atoms with E-state index in [0.717, 1.165) is 19.6 Å². The van der Waals surface area contributed by atoms with Crippen molar-refractivity contribution in [3.8, 4) is 0 Å². The number of benzene rings is 1. The smallest absolute Gasteiger partial charge is 0.234 e. The van der Waals surface area contributed by atoms with Crippen molar-refractivity contribution in [2.45, 2.75) is 38.1 Å². The normalized spacial score (nSPS) is 20.8. The van der Waals surface area contributed by atoms with Gasteiger partial charge in [0.15, 0.2) is 0 Å². The topological polar surface area (TPSA) is 50.2 Å². The first kappa shape index (κ1) is 16.3. The van der Waals surface area contributed by atoms with E-state index < -0.39 is 0 Å². The second-order valence-electron chi connectivity index (χ2n) is 7.44. The third-order valence-electron chi connectivity index (χ3n) is 5.45. The summed E-state index contributed by atoms with van der Waals surface area (Å²) >= 11 is 0. The van der Waals surface area contributed by atoms with Gasteiger partial charge in [0.1, 0.15) is 0 Å². The first-order valence-electron chi connectivity index (χ1n) is 9.26. The van der Waals surface area contributed by atoms with E-state index in [9.17, 15) is 4.79 Å². The number of aryl methyl sites for hydroxylation is 2. The fourth-order valence-electron chi connectivity index (χ4n) is 4.03. The Kier molecular flexibility index (Phi) is 4.57. The highest BCUT2D eigenvalue weighted by Crippen LogP contribution is 2.30. The molecule has 1 unspecified atom stereocenters. The van der Waals surface area contributed by atoms with Crippen molar-refractivity contribution in [2.75, 3.05) is 26.2 Å². The lowest BCUT2D eigenvalue weighted by atomic mass is 9.83. The number of hydrogen-bond donors (Lipinski definition) is 1. The molecule has 1 N–H and O–H groups in total. The maximum Gasteiger partial charge on any atom is 0.234 e. The van der Waals surface area contributed by atoms with E-state index in [4.69, 9.17) is 0 Å². The number of rotatable bonds is 5. The van der Waals surface area contributed by atoms with E-state index in [0.29, 0.717) is 18.5 Å². The van der Waals surface area contributed by atoms with Gasteiger partial charge in [-0.2, -0.15) is 5.10 Å². The monoisotopic (exact) mass is 338 g/mol. The van der Waals surface area contributed by atoms with Gasteiger partial charge >= 0.3 is 0 Å². The molecule has 1 aromatic heterocycles. The third kappa shape index (κ3) is 3.61. The molecular weight excluding hydrogens is 312 g/mol. The molecule has 0 radical (unpaired) electrons. The van der Waals surface area contributed by atoms with Crippen LogP contribution in [0.4, 0.5) is 0 Å². The SMILES string of the molecule is Cc1cnn(C2CN(CC(=O)NCC3CCCc4ccccc43)C2)c1. The van der Waals surface area contributed by atoms with Crippen LogP contribution in [0.3, 0.4) is 0 Å². The molecule has 1 fully saturated rings. The molecule has 0 spiro atoms. The molecule has 25 heavy (non-hydrogen) atoms. The zero-order valence-electron chi connectivity index (χ0n) is 14.8. The minimum atomic E-state index is 0.137. The number of hydrogen-bond acceptors (Lipinski definition) is 3. The molecular formula is C20H26N4O. The molecule has 1 saturated heterocycles. The van der Waals surface area contributed by atoms with Crippen LogP contribution in [0.25, 0.3) is 0 Å². The van der Waals surface area contributed by atoms with Crippen LogP contribution in [0, 0.1) is 6.92 Å². The molecule has 132 valence electrons. The number of nitrogens with zero attached hydrogens (tertiary/aromatic N) is 3. The quantitative estimate of drug-likeness (QED) is 0.910. The summed E-state index contributed by atoms with van der Waals surface area (Å²) in [7, 11) is 0. The van der Waals surface area contributed by atoms with Crippen molar-refractivity contribution < 1.29 is 4.79 Å².